The molecule has 1 heterocycles. The first kappa shape index (κ1) is 11.6. The average Bonchev–Trinajstić information content (AvgIpc) is 2.63. The molecule has 0 spiro atoms. The normalized spacial score (nSPS) is 10.5. The first-order chi connectivity index (χ1) is 7.22. The van der Waals surface area contributed by atoms with Crippen molar-refractivity contribution in [3.05, 3.63) is 11.7 Å². The third-order valence-electron chi connectivity index (χ3n) is 1.81. The maximum atomic E-state index is 10.3. The second kappa shape index (κ2) is 6.13. The van der Waals surface area contributed by atoms with Gasteiger partial charge in [0.15, 0.2) is 5.82 Å². The van der Waals surface area contributed by atoms with Crippen molar-refractivity contribution in [2.24, 2.45) is 0 Å². The highest BCUT2D eigenvalue weighted by Gasteiger charge is 2.07. The minimum absolute atomic E-state index is 0.0136. The highest BCUT2D eigenvalue weighted by molar-refractivity contribution is 5.66. The van der Waals surface area contributed by atoms with Gasteiger partial charge in [-0.15, -0.1) is 0 Å². The number of hydrogen-bond acceptors (Lipinski definition) is 5. The average molecular weight is 214 g/mol. The smallest absolute Gasteiger partial charge is 0.303 e. The highest BCUT2D eigenvalue weighted by Crippen LogP contribution is 2.03. The highest BCUT2D eigenvalue weighted by atomic mass is 16.5. The van der Waals surface area contributed by atoms with E-state index in [4.69, 9.17) is 14.4 Å². The zero-order chi connectivity index (χ0) is 11.1. The topological polar surface area (TPSA) is 85.5 Å². The molecule has 0 saturated carbocycles. The molecule has 1 aromatic heterocycles. The molecule has 0 atom stereocenters. The van der Waals surface area contributed by atoms with Crippen LogP contribution in [0.3, 0.4) is 0 Å². The van der Waals surface area contributed by atoms with Gasteiger partial charge in [0.2, 0.25) is 5.89 Å². The number of nitrogens with zero attached hydrogens (tertiary/aromatic N) is 2. The first-order valence-corrected chi connectivity index (χ1v) is 4.74. The van der Waals surface area contributed by atoms with E-state index >= 15 is 0 Å². The first-order valence-electron chi connectivity index (χ1n) is 4.74. The fraction of sp³-hybridized carbons (Fsp3) is 0.667. The lowest BCUT2D eigenvalue weighted by molar-refractivity contribution is -0.137. The van der Waals surface area contributed by atoms with Crippen molar-refractivity contribution in [3.8, 4) is 0 Å². The van der Waals surface area contributed by atoms with Crippen LogP contribution in [0.1, 0.15) is 24.6 Å². The van der Waals surface area contributed by atoms with Gasteiger partial charge in [0, 0.05) is 26.6 Å². The second-order valence-electron chi connectivity index (χ2n) is 3.09. The molecule has 0 unspecified atom stereocenters. The summed E-state index contributed by atoms with van der Waals surface area (Å²) in [7, 11) is 1.63. The summed E-state index contributed by atoms with van der Waals surface area (Å²) in [5, 5.41) is 12.2. The van der Waals surface area contributed by atoms with Crippen LogP contribution in [0, 0.1) is 0 Å². The molecule has 15 heavy (non-hydrogen) atoms. The summed E-state index contributed by atoms with van der Waals surface area (Å²) in [4.78, 5) is 14.3. The number of aryl methyl sites for hydroxylation is 2. The standard InChI is InChI=1S/C9H14N2O4/c1-14-6-2-3-7-10-8(15-11-7)4-5-9(12)13/h2-6H2,1H3,(H,12,13). The predicted octanol–water partition coefficient (Wildman–Crippen LogP) is 0.666. The van der Waals surface area contributed by atoms with Gasteiger partial charge in [0.25, 0.3) is 0 Å². The minimum Gasteiger partial charge on any atom is -0.481 e. The summed E-state index contributed by atoms with van der Waals surface area (Å²) in [6.45, 7) is 0.652. The maximum absolute atomic E-state index is 10.3. The molecule has 0 aliphatic rings. The van der Waals surface area contributed by atoms with Crippen LogP contribution in [-0.4, -0.2) is 34.9 Å². The van der Waals surface area contributed by atoms with Gasteiger partial charge in [-0.1, -0.05) is 5.16 Å². The molecular weight excluding hydrogens is 200 g/mol. The Morgan fingerprint density at radius 2 is 2.33 bits per heavy atom. The van der Waals surface area contributed by atoms with E-state index in [1.807, 2.05) is 0 Å². The number of rotatable bonds is 7. The number of hydrogen-bond donors (Lipinski definition) is 1. The molecule has 0 amide bonds. The number of aliphatic carboxylic acids is 1. The largest absolute Gasteiger partial charge is 0.481 e. The van der Waals surface area contributed by atoms with E-state index in [0.717, 1.165) is 6.42 Å². The Morgan fingerprint density at radius 1 is 1.53 bits per heavy atom. The molecule has 0 aliphatic carbocycles. The lowest BCUT2D eigenvalue weighted by Crippen LogP contribution is -1.98. The van der Waals surface area contributed by atoms with E-state index in [1.165, 1.54) is 0 Å². The van der Waals surface area contributed by atoms with Crippen molar-refractivity contribution in [1.29, 1.82) is 0 Å². The van der Waals surface area contributed by atoms with E-state index in [0.29, 0.717) is 24.7 Å². The molecule has 6 nitrogen and oxygen atoms in total. The van der Waals surface area contributed by atoms with E-state index < -0.39 is 5.97 Å². The van der Waals surface area contributed by atoms with E-state index in [1.54, 1.807) is 7.11 Å². The second-order valence-corrected chi connectivity index (χ2v) is 3.09. The number of ether oxygens (including phenoxy) is 1. The minimum atomic E-state index is -0.867. The summed E-state index contributed by atoms with van der Waals surface area (Å²) in [6, 6.07) is 0. The molecule has 0 saturated heterocycles. The SMILES string of the molecule is COCCCc1noc(CCC(=O)O)n1. The van der Waals surface area contributed by atoms with Gasteiger partial charge < -0.3 is 14.4 Å². The quantitative estimate of drug-likeness (QED) is 0.671. The Hall–Kier alpha value is -1.43. The zero-order valence-electron chi connectivity index (χ0n) is 8.60. The molecule has 1 rings (SSSR count). The maximum Gasteiger partial charge on any atom is 0.303 e. The van der Waals surface area contributed by atoms with Gasteiger partial charge in [0.1, 0.15) is 0 Å². The third-order valence-corrected chi connectivity index (χ3v) is 1.81. The zero-order valence-corrected chi connectivity index (χ0v) is 8.60. The summed E-state index contributed by atoms with van der Waals surface area (Å²) in [6.07, 6.45) is 1.81. The lowest BCUT2D eigenvalue weighted by atomic mass is 10.3. The van der Waals surface area contributed by atoms with Crippen molar-refractivity contribution in [3.63, 3.8) is 0 Å². The molecular formula is C9H14N2O4. The molecule has 0 radical (unpaired) electrons. The van der Waals surface area contributed by atoms with Crippen molar-refractivity contribution in [2.45, 2.75) is 25.7 Å². The monoisotopic (exact) mass is 214 g/mol. The van der Waals surface area contributed by atoms with Crippen molar-refractivity contribution >= 4 is 5.97 Å². The summed E-state index contributed by atoms with van der Waals surface area (Å²) < 4.78 is 9.77. The molecule has 6 heteroatoms. The Balaban J connectivity index is 2.32. The van der Waals surface area contributed by atoms with Crippen LogP contribution in [0.2, 0.25) is 0 Å². The van der Waals surface area contributed by atoms with Gasteiger partial charge in [-0.2, -0.15) is 4.98 Å². The van der Waals surface area contributed by atoms with Gasteiger partial charge in [0.05, 0.1) is 6.42 Å². The summed E-state index contributed by atoms with van der Waals surface area (Å²) in [5.74, 6) is 0.117. The van der Waals surface area contributed by atoms with Crippen LogP contribution < -0.4 is 0 Å². The van der Waals surface area contributed by atoms with Crippen molar-refractivity contribution < 1.29 is 19.2 Å². The van der Waals surface area contributed by atoms with Crippen molar-refractivity contribution in [1.82, 2.24) is 10.1 Å². The molecule has 1 N–H and O–H groups in total. The molecule has 0 bridgehead atoms. The summed E-state index contributed by atoms with van der Waals surface area (Å²) in [5.41, 5.74) is 0. The molecule has 0 aromatic carbocycles. The van der Waals surface area contributed by atoms with Gasteiger partial charge in [-0.25, -0.2) is 0 Å². The fourth-order valence-electron chi connectivity index (χ4n) is 1.08. The number of aromatic nitrogens is 2. The predicted molar refractivity (Wildman–Crippen MR) is 50.5 cm³/mol. The molecule has 0 fully saturated rings. The molecule has 1 aromatic rings. The Morgan fingerprint density at radius 3 is 3.00 bits per heavy atom. The van der Waals surface area contributed by atoms with Crippen LogP contribution in [0.4, 0.5) is 0 Å². The lowest BCUT2D eigenvalue weighted by Gasteiger charge is -1.93. The van der Waals surface area contributed by atoms with Gasteiger partial charge in [-0.05, 0) is 6.42 Å². The third kappa shape index (κ3) is 4.55. The van der Waals surface area contributed by atoms with Crippen molar-refractivity contribution in [2.75, 3.05) is 13.7 Å². The molecule has 0 aliphatic heterocycles. The Kier molecular flexibility index (Phi) is 4.76. The van der Waals surface area contributed by atoms with Crippen LogP contribution in [-0.2, 0) is 22.4 Å². The van der Waals surface area contributed by atoms with E-state index in [-0.39, 0.29) is 12.8 Å². The van der Waals surface area contributed by atoms with Crippen LogP contribution in [0.15, 0.2) is 4.52 Å². The van der Waals surface area contributed by atoms with E-state index in [2.05, 4.69) is 10.1 Å². The number of methoxy groups -OCH3 is 1. The number of carboxylic acid groups (broad SMARTS) is 1. The van der Waals surface area contributed by atoms with Gasteiger partial charge >= 0.3 is 5.97 Å². The van der Waals surface area contributed by atoms with Crippen LogP contribution in [0.5, 0.6) is 0 Å². The summed E-state index contributed by atoms with van der Waals surface area (Å²) >= 11 is 0. The van der Waals surface area contributed by atoms with Crippen LogP contribution in [0.25, 0.3) is 0 Å². The Labute approximate surface area is 87.2 Å². The number of carboxylic acids is 1. The Bertz CT molecular complexity index is 311. The van der Waals surface area contributed by atoms with E-state index in [9.17, 15) is 4.79 Å². The van der Waals surface area contributed by atoms with Crippen LogP contribution >= 0.6 is 0 Å². The van der Waals surface area contributed by atoms with Gasteiger partial charge in [-0.3, -0.25) is 4.79 Å². The number of carbonyl (C=O) groups is 1. The fourth-order valence-corrected chi connectivity index (χ4v) is 1.08. The molecule has 84 valence electrons.